The molecule has 2 aromatic heterocycles. The van der Waals surface area contributed by atoms with Crippen LogP contribution in [0.3, 0.4) is 0 Å². The number of hydrogen-bond donors (Lipinski definition) is 1. The third kappa shape index (κ3) is 4.02. The maximum atomic E-state index is 13.8. The molecule has 1 atom stereocenters. The van der Waals surface area contributed by atoms with Crippen molar-refractivity contribution < 1.29 is 23.8 Å². The average molecular weight is 487 g/mol. The average Bonchev–Trinajstić information content (AvgIpc) is 3.60. The highest BCUT2D eigenvalue weighted by Gasteiger charge is 2.46. The second-order valence-electron chi connectivity index (χ2n) is 8.05. The fourth-order valence-corrected chi connectivity index (χ4v) is 5.27. The Morgan fingerprint density at radius 3 is 2.57 bits per heavy atom. The molecule has 5 rings (SSSR count). The summed E-state index contributed by atoms with van der Waals surface area (Å²) in [6.07, 6.45) is 1.48. The number of furan rings is 1. The Kier molecular flexibility index (Phi) is 5.96. The van der Waals surface area contributed by atoms with Gasteiger partial charge in [0.2, 0.25) is 5.78 Å². The van der Waals surface area contributed by atoms with Gasteiger partial charge in [-0.05, 0) is 25.1 Å². The van der Waals surface area contributed by atoms with Gasteiger partial charge in [-0.25, -0.2) is 4.98 Å². The summed E-state index contributed by atoms with van der Waals surface area (Å²) in [5.74, 6) is -0.696. The van der Waals surface area contributed by atoms with Crippen LogP contribution in [-0.2, 0) is 11.3 Å². The minimum Gasteiger partial charge on any atom is -0.503 e. The van der Waals surface area contributed by atoms with Gasteiger partial charge in [0, 0.05) is 11.1 Å². The van der Waals surface area contributed by atoms with Gasteiger partial charge < -0.3 is 19.2 Å². The Balaban J connectivity index is 1.56. The number of Topliss-reactive ketones (excluding diaryl/α,β-unsaturated/α-hetero) is 1. The van der Waals surface area contributed by atoms with E-state index in [1.54, 1.807) is 32.2 Å². The number of hydrogen-bond acceptors (Lipinski definition) is 7. The number of amides is 1. The van der Waals surface area contributed by atoms with Crippen LogP contribution in [0.2, 0.25) is 0 Å². The summed E-state index contributed by atoms with van der Waals surface area (Å²) >= 11 is 1.24. The maximum absolute atomic E-state index is 13.8. The number of ketones is 1. The molecule has 176 valence electrons. The molecule has 35 heavy (non-hydrogen) atoms. The maximum Gasteiger partial charge on any atom is 0.290 e. The predicted octanol–water partition coefficient (Wildman–Crippen LogP) is 5.50. The van der Waals surface area contributed by atoms with Crippen molar-refractivity contribution >= 4 is 23.0 Å². The molecule has 2 aromatic carbocycles. The lowest BCUT2D eigenvalue weighted by Gasteiger charge is -2.25. The standard InChI is InChI=1S/C27H22N2O5S/c1-16-25(35-26(28-16)17-9-4-3-5-10-17)23(30)21-22(20-13-8-14-34-20)29(27(32)24(21)31)15-18-11-6-7-12-19(18)33-2/h3-14,22,31H,15H2,1-2H3. The molecule has 0 aliphatic carbocycles. The van der Waals surface area contributed by atoms with Gasteiger partial charge in [0.15, 0.2) is 5.76 Å². The van der Waals surface area contributed by atoms with E-state index in [2.05, 4.69) is 4.98 Å². The first-order valence-corrected chi connectivity index (χ1v) is 11.8. The Bertz CT molecular complexity index is 1420. The number of carbonyl (C=O) groups excluding carboxylic acids is 2. The molecule has 1 aliphatic rings. The Labute approximate surface area is 205 Å². The Hall–Kier alpha value is -4.17. The third-order valence-corrected chi connectivity index (χ3v) is 7.12. The first kappa shape index (κ1) is 22.6. The lowest BCUT2D eigenvalue weighted by Crippen LogP contribution is -2.30. The van der Waals surface area contributed by atoms with Crippen LogP contribution in [0.25, 0.3) is 10.6 Å². The zero-order valence-corrected chi connectivity index (χ0v) is 19.9. The molecule has 0 radical (unpaired) electrons. The zero-order valence-electron chi connectivity index (χ0n) is 19.1. The number of rotatable bonds is 7. The molecular formula is C27H22N2O5S. The number of para-hydroxylation sites is 1. The molecule has 8 heteroatoms. The van der Waals surface area contributed by atoms with Gasteiger partial charge in [-0.2, -0.15) is 0 Å². The fourth-order valence-electron chi connectivity index (χ4n) is 4.24. The summed E-state index contributed by atoms with van der Waals surface area (Å²) in [4.78, 5) is 33.4. The van der Waals surface area contributed by atoms with Gasteiger partial charge in [-0.3, -0.25) is 9.59 Å². The highest BCUT2D eigenvalue weighted by molar-refractivity contribution is 7.17. The van der Waals surface area contributed by atoms with Gasteiger partial charge in [-0.15, -0.1) is 11.3 Å². The normalized spacial score (nSPS) is 15.7. The van der Waals surface area contributed by atoms with Gasteiger partial charge in [0.05, 0.1) is 36.1 Å². The Morgan fingerprint density at radius 1 is 1.11 bits per heavy atom. The molecule has 7 nitrogen and oxygen atoms in total. The molecule has 1 unspecified atom stereocenters. The van der Waals surface area contributed by atoms with Crippen molar-refractivity contribution in [1.82, 2.24) is 9.88 Å². The number of ether oxygens (including phenoxy) is 1. The second-order valence-corrected chi connectivity index (χ2v) is 9.05. The van der Waals surface area contributed by atoms with E-state index >= 15 is 0 Å². The van der Waals surface area contributed by atoms with E-state index in [9.17, 15) is 14.7 Å². The predicted molar refractivity (Wildman–Crippen MR) is 131 cm³/mol. The fraction of sp³-hybridized carbons (Fsp3) is 0.148. The highest BCUT2D eigenvalue weighted by atomic mass is 32.1. The highest BCUT2D eigenvalue weighted by Crippen LogP contribution is 2.42. The monoisotopic (exact) mass is 486 g/mol. The molecule has 1 N–H and O–H groups in total. The first-order valence-electron chi connectivity index (χ1n) is 11.0. The third-order valence-electron chi connectivity index (χ3n) is 5.92. The molecular weight excluding hydrogens is 464 g/mol. The van der Waals surface area contributed by atoms with Gasteiger partial charge in [0.25, 0.3) is 5.91 Å². The van der Waals surface area contributed by atoms with Crippen molar-refractivity contribution in [2.45, 2.75) is 19.5 Å². The number of methoxy groups -OCH3 is 1. The van der Waals surface area contributed by atoms with E-state index in [1.807, 2.05) is 48.5 Å². The van der Waals surface area contributed by atoms with Crippen LogP contribution in [-0.4, -0.2) is 33.8 Å². The molecule has 0 saturated carbocycles. The van der Waals surface area contributed by atoms with Gasteiger partial charge in [0.1, 0.15) is 22.6 Å². The summed E-state index contributed by atoms with van der Waals surface area (Å²) in [6, 6.07) is 19.3. The molecule has 1 amide bonds. The smallest absolute Gasteiger partial charge is 0.290 e. The quantitative estimate of drug-likeness (QED) is 0.347. The molecule has 3 heterocycles. The minimum atomic E-state index is -0.892. The van der Waals surface area contributed by atoms with E-state index in [-0.39, 0.29) is 12.1 Å². The van der Waals surface area contributed by atoms with E-state index in [0.29, 0.717) is 27.1 Å². The molecule has 0 saturated heterocycles. The Morgan fingerprint density at radius 2 is 1.86 bits per heavy atom. The molecule has 0 spiro atoms. The van der Waals surface area contributed by atoms with Crippen LogP contribution < -0.4 is 4.74 Å². The number of aliphatic hydroxyl groups excluding tert-OH is 1. The number of thiazole rings is 1. The lowest BCUT2D eigenvalue weighted by molar-refractivity contribution is -0.130. The van der Waals surface area contributed by atoms with Gasteiger partial charge >= 0.3 is 0 Å². The summed E-state index contributed by atoms with van der Waals surface area (Å²) in [7, 11) is 1.55. The SMILES string of the molecule is COc1ccccc1CN1C(=O)C(O)=C(C(=O)c2sc(-c3ccccc3)nc2C)C1c1ccco1. The van der Waals surface area contributed by atoms with Crippen molar-refractivity contribution in [3.63, 3.8) is 0 Å². The topological polar surface area (TPSA) is 92.9 Å². The van der Waals surface area contributed by atoms with E-state index in [4.69, 9.17) is 9.15 Å². The summed E-state index contributed by atoms with van der Waals surface area (Å²) in [5.41, 5.74) is 2.14. The second kappa shape index (κ2) is 9.23. The van der Waals surface area contributed by atoms with E-state index in [0.717, 1.165) is 11.1 Å². The molecule has 0 bridgehead atoms. The van der Waals surface area contributed by atoms with Crippen LogP contribution in [0.1, 0.15) is 32.7 Å². The number of aryl methyl sites for hydroxylation is 1. The minimum absolute atomic E-state index is 0.0220. The van der Waals surface area contributed by atoms with Crippen LogP contribution in [0.5, 0.6) is 5.75 Å². The van der Waals surface area contributed by atoms with E-state index < -0.39 is 23.5 Å². The summed E-state index contributed by atoms with van der Waals surface area (Å²) in [6.45, 7) is 1.87. The number of aromatic nitrogens is 1. The van der Waals surface area contributed by atoms with Crippen molar-refractivity contribution in [2.75, 3.05) is 7.11 Å². The van der Waals surface area contributed by atoms with Crippen molar-refractivity contribution in [3.8, 4) is 16.3 Å². The van der Waals surface area contributed by atoms with Crippen LogP contribution in [0, 0.1) is 6.92 Å². The number of benzene rings is 2. The van der Waals surface area contributed by atoms with Crippen LogP contribution >= 0.6 is 11.3 Å². The zero-order chi connectivity index (χ0) is 24.5. The molecule has 1 aliphatic heterocycles. The van der Waals surface area contributed by atoms with Gasteiger partial charge in [-0.1, -0.05) is 48.5 Å². The van der Waals surface area contributed by atoms with E-state index in [1.165, 1.54) is 22.5 Å². The largest absolute Gasteiger partial charge is 0.503 e. The molecule has 4 aromatic rings. The van der Waals surface area contributed by atoms with Crippen LogP contribution in [0.15, 0.2) is 88.7 Å². The summed E-state index contributed by atoms with van der Waals surface area (Å²) in [5, 5.41) is 11.6. The van der Waals surface area contributed by atoms with Crippen molar-refractivity contribution in [3.05, 3.63) is 106 Å². The first-order chi connectivity index (χ1) is 17.0. The van der Waals surface area contributed by atoms with Crippen molar-refractivity contribution in [2.24, 2.45) is 0 Å². The van der Waals surface area contributed by atoms with Crippen molar-refractivity contribution in [1.29, 1.82) is 0 Å². The summed E-state index contributed by atoms with van der Waals surface area (Å²) < 4.78 is 11.1. The van der Waals surface area contributed by atoms with Crippen LogP contribution in [0.4, 0.5) is 0 Å². The number of nitrogens with zero attached hydrogens (tertiary/aromatic N) is 2. The molecule has 0 fully saturated rings. The number of aliphatic hydroxyl groups is 1. The lowest BCUT2D eigenvalue weighted by atomic mass is 9.99. The number of carbonyl (C=O) groups is 2.